The highest BCUT2D eigenvalue weighted by atomic mass is 35.5. The first-order valence-corrected chi connectivity index (χ1v) is 12.5. The molecule has 7 nitrogen and oxygen atoms in total. The van der Waals surface area contributed by atoms with Crippen LogP contribution < -0.4 is 15.8 Å². The Bertz CT molecular complexity index is 1400. The predicted octanol–water partition coefficient (Wildman–Crippen LogP) is 3.87. The smallest absolute Gasteiger partial charge is 0.266 e. The van der Waals surface area contributed by atoms with E-state index in [2.05, 4.69) is 15.1 Å². The first-order chi connectivity index (χ1) is 17.6. The number of rotatable bonds is 7. The molecule has 4 aromatic rings. The maximum Gasteiger partial charge on any atom is 0.266 e. The van der Waals surface area contributed by atoms with Crippen molar-refractivity contribution in [2.45, 2.75) is 13.0 Å². The molecular formula is C28H28ClN5O2. The molecule has 1 N–H and O–H groups in total. The molecule has 1 fully saturated rings. The number of para-hydroxylation sites is 2. The van der Waals surface area contributed by atoms with Crippen molar-refractivity contribution in [2.75, 3.05) is 37.6 Å². The van der Waals surface area contributed by atoms with Crippen LogP contribution in [0.15, 0.2) is 83.7 Å². The third-order valence-corrected chi connectivity index (χ3v) is 6.77. The molecule has 1 aliphatic rings. The van der Waals surface area contributed by atoms with Gasteiger partial charge in [-0.05, 0) is 48.5 Å². The summed E-state index contributed by atoms with van der Waals surface area (Å²) in [6, 6.07) is 24.6. The Hall–Kier alpha value is -3.68. The summed E-state index contributed by atoms with van der Waals surface area (Å²) in [7, 11) is 0. The molecule has 1 saturated heterocycles. The van der Waals surface area contributed by atoms with Gasteiger partial charge in [-0.3, -0.25) is 19.1 Å². The van der Waals surface area contributed by atoms with Crippen LogP contribution in [0.3, 0.4) is 0 Å². The zero-order chi connectivity index (χ0) is 24.9. The lowest BCUT2D eigenvalue weighted by Gasteiger charge is -2.36. The van der Waals surface area contributed by atoms with E-state index in [0.717, 1.165) is 36.9 Å². The van der Waals surface area contributed by atoms with Gasteiger partial charge in [0.25, 0.3) is 5.56 Å². The zero-order valence-corrected chi connectivity index (χ0v) is 20.7. The molecule has 0 saturated carbocycles. The normalized spacial score (nSPS) is 14.2. The van der Waals surface area contributed by atoms with E-state index in [1.807, 2.05) is 72.8 Å². The molecule has 0 unspecified atom stereocenters. The quantitative estimate of drug-likeness (QED) is 0.416. The van der Waals surface area contributed by atoms with E-state index >= 15 is 0 Å². The minimum absolute atomic E-state index is 0.0582. The maximum atomic E-state index is 13.3. The number of aromatic nitrogens is 2. The minimum Gasteiger partial charge on any atom is -0.369 e. The molecule has 0 aliphatic carbocycles. The molecule has 1 aliphatic heterocycles. The van der Waals surface area contributed by atoms with Crippen LogP contribution in [-0.2, 0) is 11.3 Å². The Morgan fingerprint density at radius 3 is 2.31 bits per heavy atom. The Balaban J connectivity index is 1.20. The van der Waals surface area contributed by atoms with E-state index in [1.54, 1.807) is 10.6 Å². The molecule has 3 aromatic carbocycles. The van der Waals surface area contributed by atoms with Gasteiger partial charge in [-0.15, -0.1) is 0 Å². The van der Waals surface area contributed by atoms with Gasteiger partial charge in [0.15, 0.2) is 0 Å². The average Bonchev–Trinajstić information content (AvgIpc) is 2.92. The zero-order valence-electron chi connectivity index (χ0n) is 19.9. The third-order valence-electron chi connectivity index (χ3n) is 6.52. The van der Waals surface area contributed by atoms with Crippen molar-refractivity contribution in [1.82, 2.24) is 19.8 Å². The van der Waals surface area contributed by atoms with Crippen LogP contribution in [0.2, 0.25) is 5.02 Å². The van der Waals surface area contributed by atoms with E-state index in [0.29, 0.717) is 29.7 Å². The summed E-state index contributed by atoms with van der Waals surface area (Å²) in [6.45, 7) is 4.49. The second kappa shape index (κ2) is 10.9. The molecule has 0 spiro atoms. The van der Waals surface area contributed by atoms with E-state index < -0.39 is 0 Å². The highest BCUT2D eigenvalue weighted by molar-refractivity contribution is 6.30. The molecule has 5 rings (SSSR count). The molecule has 1 amide bonds. The fraction of sp³-hybridized carbons (Fsp3) is 0.250. The first-order valence-electron chi connectivity index (χ1n) is 12.1. The fourth-order valence-corrected chi connectivity index (χ4v) is 4.67. The van der Waals surface area contributed by atoms with Crippen LogP contribution >= 0.6 is 11.6 Å². The van der Waals surface area contributed by atoms with Crippen LogP contribution in [0, 0.1) is 0 Å². The Labute approximate surface area is 214 Å². The largest absolute Gasteiger partial charge is 0.369 e. The molecule has 0 atom stereocenters. The van der Waals surface area contributed by atoms with E-state index in [-0.39, 0.29) is 18.0 Å². The SMILES string of the molecule is O=C(CCN1CCN(c2ccc(Cl)cc2)CC1)NCc1nc2ccccc2c(=O)n1-c1ccccc1. The third kappa shape index (κ3) is 5.42. The highest BCUT2D eigenvalue weighted by Gasteiger charge is 2.18. The summed E-state index contributed by atoms with van der Waals surface area (Å²) < 4.78 is 1.58. The van der Waals surface area contributed by atoms with Gasteiger partial charge in [-0.25, -0.2) is 4.98 Å². The lowest BCUT2D eigenvalue weighted by molar-refractivity contribution is -0.121. The van der Waals surface area contributed by atoms with Gasteiger partial charge in [0.2, 0.25) is 5.91 Å². The van der Waals surface area contributed by atoms with E-state index in [4.69, 9.17) is 16.6 Å². The number of fused-ring (bicyclic) bond motifs is 1. The Kier molecular flexibility index (Phi) is 7.30. The number of piperazine rings is 1. The summed E-state index contributed by atoms with van der Waals surface area (Å²) in [4.78, 5) is 35.3. The monoisotopic (exact) mass is 501 g/mol. The van der Waals surface area contributed by atoms with Crippen molar-refractivity contribution >= 4 is 34.1 Å². The molecule has 0 radical (unpaired) electrons. The number of amides is 1. The van der Waals surface area contributed by atoms with E-state index in [9.17, 15) is 9.59 Å². The molecular weight excluding hydrogens is 474 g/mol. The number of nitrogens with zero attached hydrogens (tertiary/aromatic N) is 4. The first kappa shape index (κ1) is 24.0. The van der Waals surface area contributed by atoms with Gasteiger partial charge in [0, 0.05) is 49.9 Å². The minimum atomic E-state index is -0.144. The summed E-state index contributed by atoms with van der Waals surface area (Å²) in [5.74, 6) is 0.451. The van der Waals surface area contributed by atoms with Crippen molar-refractivity contribution in [3.05, 3.63) is 100 Å². The van der Waals surface area contributed by atoms with Crippen LogP contribution in [-0.4, -0.2) is 53.1 Å². The lowest BCUT2D eigenvalue weighted by atomic mass is 10.2. The summed E-state index contributed by atoms with van der Waals surface area (Å²) in [5, 5.41) is 4.26. The van der Waals surface area contributed by atoms with Gasteiger partial charge in [-0.2, -0.15) is 0 Å². The van der Waals surface area contributed by atoms with Crippen LogP contribution in [0.25, 0.3) is 16.6 Å². The number of carbonyl (C=O) groups excluding carboxylic acids is 1. The predicted molar refractivity (Wildman–Crippen MR) is 144 cm³/mol. The number of benzene rings is 3. The van der Waals surface area contributed by atoms with Crippen molar-refractivity contribution in [1.29, 1.82) is 0 Å². The van der Waals surface area contributed by atoms with Gasteiger partial charge < -0.3 is 10.2 Å². The number of halogens is 1. The maximum absolute atomic E-state index is 13.3. The standard InChI is InChI=1S/C28H28ClN5O2/c29-21-10-12-22(13-11-21)33-18-16-32(17-19-33)15-14-27(35)30-20-26-31-25-9-5-4-8-24(25)28(36)34(26)23-6-2-1-3-7-23/h1-13H,14-20H2,(H,30,35). The number of carbonyl (C=O) groups is 1. The number of anilines is 1. The second-order valence-corrected chi connectivity index (χ2v) is 9.29. The fourth-order valence-electron chi connectivity index (χ4n) is 4.55. The average molecular weight is 502 g/mol. The van der Waals surface area contributed by atoms with Crippen molar-refractivity contribution < 1.29 is 4.79 Å². The van der Waals surface area contributed by atoms with Crippen molar-refractivity contribution in [3.8, 4) is 5.69 Å². The number of hydrogen-bond acceptors (Lipinski definition) is 5. The van der Waals surface area contributed by atoms with Gasteiger partial charge in [0.05, 0.1) is 23.1 Å². The topological polar surface area (TPSA) is 70.5 Å². The molecule has 36 heavy (non-hydrogen) atoms. The summed E-state index contributed by atoms with van der Waals surface area (Å²) in [6.07, 6.45) is 0.393. The number of hydrogen-bond donors (Lipinski definition) is 1. The molecule has 8 heteroatoms. The highest BCUT2D eigenvalue weighted by Crippen LogP contribution is 2.19. The van der Waals surface area contributed by atoms with E-state index in [1.165, 1.54) is 5.69 Å². The molecule has 2 heterocycles. The summed E-state index contributed by atoms with van der Waals surface area (Å²) in [5.41, 5.74) is 2.37. The molecule has 184 valence electrons. The number of nitrogens with one attached hydrogen (secondary N) is 1. The van der Waals surface area contributed by atoms with Crippen molar-refractivity contribution in [3.63, 3.8) is 0 Å². The lowest BCUT2D eigenvalue weighted by Crippen LogP contribution is -2.47. The Morgan fingerprint density at radius 2 is 1.56 bits per heavy atom. The Morgan fingerprint density at radius 1 is 0.861 bits per heavy atom. The van der Waals surface area contributed by atoms with Crippen LogP contribution in [0.1, 0.15) is 12.2 Å². The van der Waals surface area contributed by atoms with Gasteiger partial charge >= 0.3 is 0 Å². The molecule has 1 aromatic heterocycles. The second-order valence-electron chi connectivity index (χ2n) is 8.85. The van der Waals surface area contributed by atoms with Gasteiger partial charge in [-0.1, -0.05) is 41.9 Å². The van der Waals surface area contributed by atoms with Gasteiger partial charge in [0.1, 0.15) is 5.82 Å². The molecule has 0 bridgehead atoms. The van der Waals surface area contributed by atoms with Crippen LogP contribution in [0.4, 0.5) is 5.69 Å². The van der Waals surface area contributed by atoms with Crippen LogP contribution in [0.5, 0.6) is 0 Å². The van der Waals surface area contributed by atoms with Crippen molar-refractivity contribution in [2.24, 2.45) is 0 Å². The summed E-state index contributed by atoms with van der Waals surface area (Å²) >= 11 is 6.00.